The Labute approximate surface area is 151 Å². The molecule has 0 radical (unpaired) electrons. The van der Waals surface area contributed by atoms with Gasteiger partial charge >= 0.3 is 6.09 Å². The van der Waals surface area contributed by atoms with Gasteiger partial charge in [0.05, 0.1) is 18.2 Å². The first-order valence-corrected chi connectivity index (χ1v) is 8.54. The minimum absolute atomic E-state index is 0.132. The minimum Gasteiger partial charge on any atom is -0.447 e. The molecule has 6 heteroatoms. The van der Waals surface area contributed by atoms with E-state index in [1.54, 1.807) is 4.90 Å². The molecule has 1 saturated heterocycles. The lowest BCUT2D eigenvalue weighted by molar-refractivity contribution is 0.0940. The van der Waals surface area contributed by atoms with Crippen LogP contribution in [0.25, 0.3) is 5.52 Å². The molecule has 1 N–H and O–H groups in total. The van der Waals surface area contributed by atoms with Gasteiger partial charge in [0.15, 0.2) is 0 Å². The fraction of sp³-hybridized carbons (Fsp3) is 0.200. The highest BCUT2D eigenvalue weighted by molar-refractivity contribution is 5.96. The number of hydrogen-bond donors (Lipinski definition) is 1. The molecule has 1 aliphatic heterocycles. The summed E-state index contributed by atoms with van der Waals surface area (Å²) >= 11 is 0. The van der Waals surface area contributed by atoms with Crippen LogP contribution in [0.5, 0.6) is 0 Å². The van der Waals surface area contributed by atoms with Crippen LogP contribution in [0.3, 0.4) is 0 Å². The molecule has 2 amide bonds. The average Bonchev–Trinajstić information content (AvgIpc) is 3.27. The number of ether oxygens (including phenoxy) is 1. The number of carbonyl (C=O) groups is 2. The summed E-state index contributed by atoms with van der Waals surface area (Å²) in [6, 6.07) is 15.1. The smallest absolute Gasteiger partial charge is 0.414 e. The molecule has 1 fully saturated rings. The third kappa shape index (κ3) is 3.01. The van der Waals surface area contributed by atoms with E-state index < -0.39 is 0 Å². The van der Waals surface area contributed by atoms with E-state index in [9.17, 15) is 9.59 Å². The summed E-state index contributed by atoms with van der Waals surface area (Å²) in [5.74, 6) is -0.132. The molecule has 0 aliphatic carbocycles. The van der Waals surface area contributed by atoms with Crippen LogP contribution < -0.4 is 10.2 Å². The Hall–Kier alpha value is -3.28. The molecular weight excluding hydrogens is 330 g/mol. The van der Waals surface area contributed by atoms with Gasteiger partial charge in [0.2, 0.25) is 0 Å². The second kappa shape index (κ2) is 6.55. The molecule has 1 atom stereocenters. The van der Waals surface area contributed by atoms with Crippen LogP contribution in [-0.4, -0.2) is 29.6 Å². The summed E-state index contributed by atoms with van der Waals surface area (Å²) in [6.07, 6.45) is 3.39. The lowest BCUT2D eigenvalue weighted by atomic mass is 10.1. The summed E-state index contributed by atoms with van der Waals surface area (Å²) in [5.41, 5.74) is 3.29. The average molecular weight is 349 g/mol. The van der Waals surface area contributed by atoms with Gasteiger partial charge in [-0.05, 0) is 42.8 Å². The van der Waals surface area contributed by atoms with Crippen molar-refractivity contribution in [1.82, 2.24) is 9.72 Å². The standard InChI is InChI=1S/C20H19N3O3/c1-14(15-5-4-7-18(11-15)23-9-10-26-20(23)25)21-19(24)16-12-17-6-2-3-8-22(17)13-16/h2-8,11-14H,9-10H2,1H3,(H,21,24)/t14-/m1/s1. The second-order valence-electron chi connectivity index (χ2n) is 6.32. The Bertz CT molecular complexity index is 946. The van der Waals surface area contributed by atoms with Crippen molar-refractivity contribution >= 4 is 23.2 Å². The van der Waals surface area contributed by atoms with Crippen LogP contribution in [0.15, 0.2) is 60.9 Å². The zero-order chi connectivity index (χ0) is 18.1. The highest BCUT2D eigenvalue weighted by Gasteiger charge is 2.24. The van der Waals surface area contributed by atoms with Crippen molar-refractivity contribution in [3.05, 3.63) is 72.1 Å². The zero-order valence-corrected chi connectivity index (χ0v) is 14.4. The summed E-state index contributed by atoms with van der Waals surface area (Å²) in [7, 11) is 0. The lowest BCUT2D eigenvalue weighted by Crippen LogP contribution is -2.27. The predicted octanol–water partition coefficient (Wildman–Crippen LogP) is 3.39. The monoisotopic (exact) mass is 349 g/mol. The number of amides is 2. The number of fused-ring (bicyclic) bond motifs is 1. The molecule has 1 aromatic carbocycles. The molecule has 0 saturated carbocycles. The molecule has 6 nitrogen and oxygen atoms in total. The second-order valence-corrected chi connectivity index (χ2v) is 6.32. The van der Waals surface area contributed by atoms with Crippen molar-refractivity contribution in [1.29, 1.82) is 0 Å². The summed E-state index contributed by atoms with van der Waals surface area (Å²) in [4.78, 5) is 25.9. The topological polar surface area (TPSA) is 63.1 Å². The molecular formula is C20H19N3O3. The maximum Gasteiger partial charge on any atom is 0.414 e. The van der Waals surface area contributed by atoms with Gasteiger partial charge < -0.3 is 14.5 Å². The van der Waals surface area contributed by atoms with E-state index in [1.165, 1.54) is 0 Å². The molecule has 132 valence electrons. The fourth-order valence-electron chi connectivity index (χ4n) is 3.13. The number of anilines is 1. The van der Waals surface area contributed by atoms with Crippen molar-refractivity contribution in [2.24, 2.45) is 0 Å². The van der Waals surface area contributed by atoms with E-state index in [0.717, 1.165) is 16.8 Å². The van der Waals surface area contributed by atoms with Crippen LogP contribution in [-0.2, 0) is 4.74 Å². The van der Waals surface area contributed by atoms with Gasteiger partial charge in [-0.3, -0.25) is 9.69 Å². The van der Waals surface area contributed by atoms with Gasteiger partial charge in [-0.25, -0.2) is 4.79 Å². The SMILES string of the molecule is C[C@@H](NC(=O)c1cc2ccccn2c1)c1cccc(N2CCOC2=O)c1. The first-order valence-electron chi connectivity index (χ1n) is 8.54. The Morgan fingerprint density at radius 2 is 2.08 bits per heavy atom. The molecule has 0 unspecified atom stereocenters. The van der Waals surface area contributed by atoms with Gasteiger partial charge in [0.25, 0.3) is 5.91 Å². The number of pyridine rings is 1. The maximum atomic E-state index is 12.6. The van der Waals surface area contributed by atoms with Crippen LogP contribution in [0.1, 0.15) is 28.9 Å². The highest BCUT2D eigenvalue weighted by Crippen LogP contribution is 2.23. The van der Waals surface area contributed by atoms with E-state index in [4.69, 9.17) is 4.74 Å². The number of rotatable bonds is 4. The van der Waals surface area contributed by atoms with E-state index in [-0.39, 0.29) is 18.0 Å². The van der Waals surface area contributed by atoms with E-state index in [2.05, 4.69) is 5.32 Å². The Morgan fingerprint density at radius 1 is 1.19 bits per heavy atom. The number of cyclic esters (lactones) is 1. The maximum absolute atomic E-state index is 12.6. The zero-order valence-electron chi connectivity index (χ0n) is 14.4. The van der Waals surface area contributed by atoms with Gasteiger partial charge in [-0.2, -0.15) is 0 Å². The Balaban J connectivity index is 1.51. The van der Waals surface area contributed by atoms with Gasteiger partial charge in [0, 0.05) is 23.6 Å². The Kier molecular flexibility index (Phi) is 4.08. The van der Waals surface area contributed by atoms with Crippen molar-refractivity contribution in [3.63, 3.8) is 0 Å². The number of nitrogens with zero attached hydrogens (tertiary/aromatic N) is 2. The lowest BCUT2D eigenvalue weighted by Gasteiger charge is -2.18. The van der Waals surface area contributed by atoms with Crippen LogP contribution in [0, 0.1) is 0 Å². The summed E-state index contributed by atoms with van der Waals surface area (Å²) in [5, 5.41) is 3.02. The summed E-state index contributed by atoms with van der Waals surface area (Å²) < 4.78 is 6.90. The molecule has 4 rings (SSSR count). The Morgan fingerprint density at radius 3 is 2.85 bits per heavy atom. The van der Waals surface area contributed by atoms with Crippen LogP contribution >= 0.6 is 0 Å². The van der Waals surface area contributed by atoms with Crippen molar-refractivity contribution in [2.45, 2.75) is 13.0 Å². The van der Waals surface area contributed by atoms with Crippen molar-refractivity contribution in [3.8, 4) is 0 Å². The third-order valence-electron chi connectivity index (χ3n) is 4.56. The molecule has 3 heterocycles. The van der Waals surface area contributed by atoms with Crippen LogP contribution in [0.2, 0.25) is 0 Å². The number of nitrogens with one attached hydrogen (secondary N) is 1. The first kappa shape index (κ1) is 16.2. The van der Waals surface area contributed by atoms with Crippen LogP contribution in [0.4, 0.5) is 10.5 Å². The van der Waals surface area contributed by atoms with E-state index >= 15 is 0 Å². The molecule has 3 aromatic rings. The van der Waals surface area contributed by atoms with Gasteiger partial charge in [-0.1, -0.05) is 18.2 Å². The normalized spacial score (nSPS) is 15.1. The number of carbonyl (C=O) groups excluding carboxylic acids is 2. The van der Waals surface area contributed by atoms with Gasteiger partial charge in [0.1, 0.15) is 6.61 Å². The highest BCUT2D eigenvalue weighted by atomic mass is 16.6. The number of aromatic nitrogens is 1. The first-order chi connectivity index (χ1) is 12.6. The quantitative estimate of drug-likeness (QED) is 0.785. The molecule has 0 spiro atoms. The number of benzene rings is 1. The largest absolute Gasteiger partial charge is 0.447 e. The molecule has 2 aromatic heterocycles. The molecule has 0 bridgehead atoms. The van der Waals surface area contributed by atoms with E-state index in [1.807, 2.05) is 72.2 Å². The minimum atomic E-state index is -0.334. The van der Waals surface area contributed by atoms with Gasteiger partial charge in [-0.15, -0.1) is 0 Å². The molecule has 1 aliphatic rings. The predicted molar refractivity (Wildman–Crippen MR) is 98.4 cm³/mol. The van der Waals surface area contributed by atoms with Crippen molar-refractivity contribution < 1.29 is 14.3 Å². The third-order valence-corrected chi connectivity index (χ3v) is 4.56. The van der Waals surface area contributed by atoms with Crippen molar-refractivity contribution in [2.75, 3.05) is 18.1 Å². The van der Waals surface area contributed by atoms with E-state index in [0.29, 0.717) is 18.7 Å². The molecule has 26 heavy (non-hydrogen) atoms. The summed E-state index contributed by atoms with van der Waals surface area (Å²) in [6.45, 7) is 2.87. The number of hydrogen-bond acceptors (Lipinski definition) is 3. The fourth-order valence-corrected chi connectivity index (χ4v) is 3.13.